The Hall–Kier alpha value is -1.40. The van der Waals surface area contributed by atoms with Crippen LogP contribution >= 0.6 is 15.9 Å². The number of nitrogens with one attached hydrogen (secondary N) is 1. The van der Waals surface area contributed by atoms with Crippen molar-refractivity contribution in [3.63, 3.8) is 0 Å². The molecule has 1 N–H and O–H groups in total. The van der Waals surface area contributed by atoms with Crippen LogP contribution in [0, 0.1) is 0 Å². The highest BCUT2D eigenvalue weighted by molar-refractivity contribution is 9.10. The van der Waals surface area contributed by atoms with Gasteiger partial charge in [0, 0.05) is 17.4 Å². The Kier molecular flexibility index (Phi) is 4.33. The van der Waals surface area contributed by atoms with Crippen molar-refractivity contribution in [2.45, 2.75) is 6.42 Å². The Balaban J connectivity index is 2.27. The molecule has 0 fully saturated rings. The minimum absolute atomic E-state index is 0.492. The fourth-order valence-electron chi connectivity index (χ4n) is 1.49. The van der Waals surface area contributed by atoms with Crippen molar-refractivity contribution < 1.29 is 9.15 Å². The number of hydrogen-bond donors (Lipinski definition) is 1. The van der Waals surface area contributed by atoms with E-state index in [1.54, 1.807) is 7.11 Å². The van der Waals surface area contributed by atoms with E-state index in [0.29, 0.717) is 18.2 Å². The zero-order chi connectivity index (χ0) is 13.0. The van der Waals surface area contributed by atoms with Crippen molar-refractivity contribution in [3.8, 4) is 17.2 Å². The standard InChI is InChI=1S/C12H14BrN3O2/c1-14-6-5-11-15-16-12(18-11)9-7-8(17-2)3-4-10(9)13/h3-4,7,14H,5-6H2,1-2H3. The first-order valence-corrected chi connectivity index (χ1v) is 6.34. The van der Waals surface area contributed by atoms with Crippen molar-refractivity contribution in [1.29, 1.82) is 0 Å². The summed E-state index contributed by atoms with van der Waals surface area (Å²) in [6.07, 6.45) is 0.713. The van der Waals surface area contributed by atoms with Gasteiger partial charge in [-0.2, -0.15) is 0 Å². The molecule has 0 aliphatic rings. The fraction of sp³-hybridized carbons (Fsp3) is 0.333. The van der Waals surface area contributed by atoms with Crippen LogP contribution in [0.2, 0.25) is 0 Å². The second-order valence-electron chi connectivity index (χ2n) is 3.70. The Labute approximate surface area is 114 Å². The second-order valence-corrected chi connectivity index (χ2v) is 4.55. The topological polar surface area (TPSA) is 60.2 Å². The molecular weight excluding hydrogens is 298 g/mol. The van der Waals surface area contributed by atoms with Gasteiger partial charge in [-0.15, -0.1) is 10.2 Å². The van der Waals surface area contributed by atoms with Gasteiger partial charge in [-0.25, -0.2) is 0 Å². The van der Waals surface area contributed by atoms with Gasteiger partial charge in [0.15, 0.2) is 0 Å². The molecule has 0 aliphatic heterocycles. The van der Waals surface area contributed by atoms with Gasteiger partial charge in [0.25, 0.3) is 0 Å². The minimum atomic E-state index is 0.492. The summed E-state index contributed by atoms with van der Waals surface area (Å²) < 4.78 is 11.7. The summed E-state index contributed by atoms with van der Waals surface area (Å²) in [5.74, 6) is 1.86. The molecule has 6 heteroatoms. The van der Waals surface area contributed by atoms with Crippen molar-refractivity contribution in [3.05, 3.63) is 28.6 Å². The van der Waals surface area contributed by atoms with Crippen LogP contribution in [0.25, 0.3) is 11.5 Å². The SMILES string of the molecule is CNCCc1nnc(-c2cc(OC)ccc2Br)o1. The predicted octanol–water partition coefficient (Wildman–Crippen LogP) is 2.27. The molecule has 0 unspecified atom stereocenters. The van der Waals surface area contributed by atoms with Crippen molar-refractivity contribution >= 4 is 15.9 Å². The lowest BCUT2D eigenvalue weighted by Crippen LogP contribution is -2.10. The van der Waals surface area contributed by atoms with Crippen LogP contribution in [0.3, 0.4) is 0 Å². The molecule has 1 aromatic carbocycles. The average Bonchev–Trinajstić information content (AvgIpc) is 2.85. The smallest absolute Gasteiger partial charge is 0.249 e. The normalized spacial score (nSPS) is 10.6. The maximum Gasteiger partial charge on any atom is 0.249 e. The lowest BCUT2D eigenvalue weighted by atomic mass is 10.2. The van der Waals surface area contributed by atoms with Gasteiger partial charge < -0.3 is 14.5 Å². The summed E-state index contributed by atoms with van der Waals surface area (Å²) in [7, 11) is 3.51. The van der Waals surface area contributed by atoms with Gasteiger partial charge in [-0.3, -0.25) is 0 Å². The largest absolute Gasteiger partial charge is 0.497 e. The van der Waals surface area contributed by atoms with Crippen LogP contribution < -0.4 is 10.1 Å². The van der Waals surface area contributed by atoms with E-state index >= 15 is 0 Å². The second kappa shape index (κ2) is 5.97. The van der Waals surface area contributed by atoms with E-state index in [4.69, 9.17) is 9.15 Å². The number of likely N-dealkylation sites (N-methyl/N-ethyl adjacent to an activating group) is 1. The van der Waals surface area contributed by atoms with Crippen LogP contribution in [0.15, 0.2) is 27.1 Å². The highest BCUT2D eigenvalue weighted by Crippen LogP contribution is 2.30. The van der Waals surface area contributed by atoms with Crippen molar-refractivity contribution in [1.82, 2.24) is 15.5 Å². The van der Waals surface area contributed by atoms with E-state index < -0.39 is 0 Å². The molecule has 0 saturated heterocycles. The molecular formula is C12H14BrN3O2. The molecule has 0 spiro atoms. The van der Waals surface area contributed by atoms with Gasteiger partial charge in [0.2, 0.25) is 11.8 Å². The monoisotopic (exact) mass is 311 g/mol. The van der Waals surface area contributed by atoms with E-state index in [2.05, 4.69) is 31.4 Å². The average molecular weight is 312 g/mol. The number of hydrogen-bond acceptors (Lipinski definition) is 5. The summed E-state index contributed by atoms with van der Waals surface area (Å²) >= 11 is 3.46. The summed E-state index contributed by atoms with van der Waals surface area (Å²) in [4.78, 5) is 0. The predicted molar refractivity (Wildman–Crippen MR) is 71.6 cm³/mol. The van der Waals surface area contributed by atoms with E-state index in [1.165, 1.54) is 0 Å². The Morgan fingerprint density at radius 2 is 2.22 bits per heavy atom. The molecule has 1 heterocycles. The molecule has 96 valence electrons. The van der Waals surface area contributed by atoms with E-state index in [9.17, 15) is 0 Å². The maximum absolute atomic E-state index is 5.60. The highest BCUT2D eigenvalue weighted by atomic mass is 79.9. The first kappa shape index (κ1) is 13.0. The highest BCUT2D eigenvalue weighted by Gasteiger charge is 2.12. The van der Waals surface area contributed by atoms with E-state index in [-0.39, 0.29) is 0 Å². The van der Waals surface area contributed by atoms with E-state index in [0.717, 1.165) is 22.3 Å². The number of nitrogens with zero attached hydrogens (tertiary/aromatic N) is 2. The van der Waals surface area contributed by atoms with Gasteiger partial charge >= 0.3 is 0 Å². The first-order valence-electron chi connectivity index (χ1n) is 5.55. The molecule has 18 heavy (non-hydrogen) atoms. The molecule has 2 aromatic rings. The van der Waals surface area contributed by atoms with E-state index in [1.807, 2.05) is 25.2 Å². The molecule has 0 radical (unpaired) electrons. The summed E-state index contributed by atoms with van der Waals surface area (Å²) in [5.41, 5.74) is 0.831. The Bertz CT molecular complexity index is 528. The van der Waals surface area contributed by atoms with Crippen LogP contribution in [-0.2, 0) is 6.42 Å². The molecule has 1 aromatic heterocycles. The van der Waals surface area contributed by atoms with Gasteiger partial charge in [-0.1, -0.05) is 0 Å². The number of methoxy groups -OCH3 is 1. The van der Waals surface area contributed by atoms with Crippen LogP contribution in [-0.4, -0.2) is 30.9 Å². The lowest BCUT2D eigenvalue weighted by molar-refractivity contribution is 0.414. The summed E-state index contributed by atoms with van der Waals surface area (Å²) in [5, 5.41) is 11.1. The molecule has 0 atom stereocenters. The first-order chi connectivity index (χ1) is 8.74. The molecule has 0 saturated carbocycles. The molecule has 0 aliphatic carbocycles. The number of halogens is 1. The molecule has 0 amide bonds. The van der Waals surface area contributed by atoms with Crippen molar-refractivity contribution in [2.24, 2.45) is 0 Å². The number of ether oxygens (including phenoxy) is 1. The Morgan fingerprint density at radius 1 is 1.39 bits per heavy atom. The van der Waals surface area contributed by atoms with Crippen LogP contribution in [0.4, 0.5) is 0 Å². The zero-order valence-corrected chi connectivity index (χ0v) is 11.8. The van der Waals surface area contributed by atoms with Gasteiger partial charge in [0.1, 0.15) is 5.75 Å². The minimum Gasteiger partial charge on any atom is -0.497 e. The molecule has 2 rings (SSSR count). The Morgan fingerprint density at radius 3 is 2.94 bits per heavy atom. The summed E-state index contributed by atoms with van der Waals surface area (Å²) in [6, 6.07) is 5.62. The third kappa shape index (κ3) is 2.88. The van der Waals surface area contributed by atoms with Gasteiger partial charge in [0.05, 0.1) is 12.7 Å². The third-order valence-corrected chi connectivity index (χ3v) is 3.15. The lowest BCUT2D eigenvalue weighted by Gasteiger charge is -2.03. The maximum atomic E-state index is 5.60. The molecule has 0 bridgehead atoms. The third-order valence-electron chi connectivity index (χ3n) is 2.46. The van der Waals surface area contributed by atoms with Crippen LogP contribution in [0.5, 0.6) is 5.75 Å². The zero-order valence-electron chi connectivity index (χ0n) is 10.2. The quantitative estimate of drug-likeness (QED) is 0.918. The van der Waals surface area contributed by atoms with Gasteiger partial charge in [-0.05, 0) is 41.2 Å². The van der Waals surface area contributed by atoms with Crippen LogP contribution in [0.1, 0.15) is 5.89 Å². The van der Waals surface area contributed by atoms with Crippen molar-refractivity contribution in [2.75, 3.05) is 20.7 Å². The molecule has 5 nitrogen and oxygen atoms in total. The number of benzene rings is 1. The summed E-state index contributed by atoms with van der Waals surface area (Å²) in [6.45, 7) is 0.806. The number of aromatic nitrogens is 2. The fourth-order valence-corrected chi connectivity index (χ4v) is 1.91. The number of rotatable bonds is 5.